The van der Waals surface area contributed by atoms with Crippen LogP contribution in [0.25, 0.3) is 10.2 Å². The minimum absolute atomic E-state index is 0.00251. The van der Waals surface area contributed by atoms with Crippen LogP contribution < -0.4 is 4.90 Å². The molecule has 1 aliphatic heterocycles. The number of thiazole rings is 1. The summed E-state index contributed by atoms with van der Waals surface area (Å²) in [4.78, 5) is 19.4. The van der Waals surface area contributed by atoms with E-state index in [2.05, 4.69) is 11.0 Å². The summed E-state index contributed by atoms with van der Waals surface area (Å²) in [6.07, 6.45) is 6.61. The van der Waals surface area contributed by atoms with Crippen molar-refractivity contribution in [3.63, 3.8) is 0 Å². The summed E-state index contributed by atoms with van der Waals surface area (Å²) in [5, 5.41) is 1.03. The fourth-order valence-corrected chi connectivity index (χ4v) is 4.61. The van der Waals surface area contributed by atoms with Gasteiger partial charge in [0.15, 0.2) is 5.13 Å². The predicted octanol–water partition coefficient (Wildman–Crippen LogP) is 4.00. The van der Waals surface area contributed by atoms with Crippen LogP contribution in [0.2, 0.25) is 0 Å². The van der Waals surface area contributed by atoms with Gasteiger partial charge in [0, 0.05) is 13.1 Å². The number of fused-ring (bicyclic) bond motifs is 1. The van der Waals surface area contributed by atoms with Gasteiger partial charge >= 0.3 is 5.97 Å². The second kappa shape index (κ2) is 6.48. The standard InChI is InChI=1S/C18H22N2O2S/c21-17(22-14-7-1-2-8-14)13-6-5-11-20(12-13)18-19-15-9-3-4-10-16(15)23-18/h3-4,9-10,13-14H,1-2,5-8,11-12H2/t13-/m0/s1. The lowest BCUT2D eigenvalue weighted by Gasteiger charge is -2.31. The zero-order valence-corrected chi connectivity index (χ0v) is 14.1. The van der Waals surface area contributed by atoms with E-state index in [1.807, 2.05) is 18.2 Å². The Morgan fingerprint density at radius 3 is 2.83 bits per heavy atom. The molecule has 0 bridgehead atoms. The van der Waals surface area contributed by atoms with E-state index in [-0.39, 0.29) is 18.0 Å². The summed E-state index contributed by atoms with van der Waals surface area (Å²) in [6, 6.07) is 8.21. The first-order valence-corrected chi connectivity index (χ1v) is 9.42. The third-order valence-corrected chi connectivity index (χ3v) is 5.99. The molecular formula is C18H22N2O2S. The minimum atomic E-state index is -0.00337. The van der Waals surface area contributed by atoms with Crippen LogP contribution in [0.5, 0.6) is 0 Å². The summed E-state index contributed by atoms with van der Waals surface area (Å²) < 4.78 is 6.92. The highest BCUT2D eigenvalue weighted by Crippen LogP contribution is 2.32. The van der Waals surface area contributed by atoms with Gasteiger partial charge in [0.2, 0.25) is 0 Å². The van der Waals surface area contributed by atoms with E-state index >= 15 is 0 Å². The van der Waals surface area contributed by atoms with Crippen molar-refractivity contribution in [2.24, 2.45) is 5.92 Å². The Kier molecular flexibility index (Phi) is 4.21. The van der Waals surface area contributed by atoms with Crippen LogP contribution >= 0.6 is 11.3 Å². The van der Waals surface area contributed by atoms with E-state index in [1.165, 1.54) is 17.5 Å². The first-order valence-electron chi connectivity index (χ1n) is 8.60. The van der Waals surface area contributed by atoms with E-state index in [4.69, 9.17) is 9.72 Å². The molecule has 1 aromatic carbocycles. The molecule has 1 atom stereocenters. The summed E-state index contributed by atoms with van der Waals surface area (Å²) in [5.74, 6) is -0.000858. The lowest BCUT2D eigenvalue weighted by molar-refractivity contribution is -0.154. The van der Waals surface area contributed by atoms with E-state index < -0.39 is 0 Å². The topological polar surface area (TPSA) is 42.4 Å². The van der Waals surface area contributed by atoms with E-state index in [1.54, 1.807) is 11.3 Å². The van der Waals surface area contributed by atoms with Crippen LogP contribution in [-0.4, -0.2) is 30.1 Å². The largest absolute Gasteiger partial charge is 0.462 e. The number of carbonyl (C=O) groups is 1. The first kappa shape index (κ1) is 14.9. The van der Waals surface area contributed by atoms with Gasteiger partial charge in [0.1, 0.15) is 6.10 Å². The van der Waals surface area contributed by atoms with Gasteiger partial charge in [-0.15, -0.1) is 0 Å². The molecule has 1 aliphatic carbocycles. The van der Waals surface area contributed by atoms with Crippen LogP contribution in [0, 0.1) is 5.92 Å². The van der Waals surface area contributed by atoms with Gasteiger partial charge in [-0.25, -0.2) is 4.98 Å². The summed E-state index contributed by atoms with van der Waals surface area (Å²) in [6.45, 7) is 1.72. The normalized spacial score (nSPS) is 22.6. The molecule has 2 fully saturated rings. The van der Waals surface area contributed by atoms with E-state index in [9.17, 15) is 4.79 Å². The Morgan fingerprint density at radius 1 is 1.17 bits per heavy atom. The molecule has 2 aromatic rings. The van der Waals surface area contributed by atoms with Gasteiger partial charge in [0.25, 0.3) is 0 Å². The second-order valence-corrected chi connectivity index (χ2v) is 7.60. The van der Waals surface area contributed by atoms with Crippen molar-refractivity contribution in [3.05, 3.63) is 24.3 Å². The number of nitrogens with zero attached hydrogens (tertiary/aromatic N) is 2. The van der Waals surface area contributed by atoms with Crippen LogP contribution in [0.3, 0.4) is 0 Å². The van der Waals surface area contributed by atoms with Gasteiger partial charge in [0.05, 0.1) is 16.1 Å². The highest BCUT2D eigenvalue weighted by molar-refractivity contribution is 7.22. The number of piperidine rings is 1. The van der Waals surface area contributed by atoms with Crippen molar-refractivity contribution in [3.8, 4) is 0 Å². The van der Waals surface area contributed by atoms with Gasteiger partial charge in [-0.1, -0.05) is 23.5 Å². The van der Waals surface area contributed by atoms with Crippen molar-refractivity contribution in [2.75, 3.05) is 18.0 Å². The molecular weight excluding hydrogens is 308 g/mol. The number of esters is 1. The monoisotopic (exact) mass is 330 g/mol. The van der Waals surface area contributed by atoms with Gasteiger partial charge in [-0.3, -0.25) is 4.79 Å². The van der Waals surface area contributed by atoms with E-state index in [0.717, 1.165) is 49.4 Å². The number of rotatable bonds is 3. The number of anilines is 1. The predicted molar refractivity (Wildman–Crippen MR) is 92.9 cm³/mol. The number of hydrogen-bond acceptors (Lipinski definition) is 5. The third-order valence-electron chi connectivity index (χ3n) is 4.89. The van der Waals surface area contributed by atoms with Gasteiger partial charge in [-0.2, -0.15) is 0 Å². The average molecular weight is 330 g/mol. The Hall–Kier alpha value is -1.62. The number of hydrogen-bond donors (Lipinski definition) is 0. The number of ether oxygens (including phenoxy) is 1. The number of aromatic nitrogens is 1. The average Bonchev–Trinajstić information content (AvgIpc) is 3.24. The molecule has 4 rings (SSSR count). The van der Waals surface area contributed by atoms with Crippen molar-refractivity contribution in [1.29, 1.82) is 0 Å². The van der Waals surface area contributed by atoms with Crippen LogP contribution in [-0.2, 0) is 9.53 Å². The minimum Gasteiger partial charge on any atom is -0.462 e. The molecule has 0 unspecified atom stereocenters. The molecule has 0 N–H and O–H groups in total. The van der Waals surface area contributed by atoms with E-state index in [0.29, 0.717) is 0 Å². The third kappa shape index (κ3) is 3.20. The van der Waals surface area contributed by atoms with Crippen molar-refractivity contribution < 1.29 is 9.53 Å². The van der Waals surface area contributed by atoms with Crippen molar-refractivity contribution in [1.82, 2.24) is 4.98 Å². The van der Waals surface area contributed by atoms with Crippen molar-refractivity contribution >= 4 is 32.7 Å². The molecule has 0 spiro atoms. The van der Waals surface area contributed by atoms with Gasteiger partial charge < -0.3 is 9.64 Å². The quantitative estimate of drug-likeness (QED) is 0.798. The molecule has 1 saturated heterocycles. The highest BCUT2D eigenvalue weighted by atomic mass is 32.1. The Morgan fingerprint density at radius 2 is 2.00 bits per heavy atom. The summed E-state index contributed by atoms with van der Waals surface area (Å²) in [7, 11) is 0. The molecule has 1 saturated carbocycles. The molecule has 5 heteroatoms. The smallest absolute Gasteiger partial charge is 0.311 e. The van der Waals surface area contributed by atoms with Crippen LogP contribution in [0.1, 0.15) is 38.5 Å². The molecule has 4 nitrogen and oxygen atoms in total. The maximum atomic E-state index is 12.4. The fraction of sp³-hybridized carbons (Fsp3) is 0.556. The molecule has 0 radical (unpaired) electrons. The van der Waals surface area contributed by atoms with Crippen molar-refractivity contribution in [2.45, 2.75) is 44.6 Å². The fourth-order valence-electron chi connectivity index (χ4n) is 3.61. The zero-order valence-electron chi connectivity index (χ0n) is 13.2. The SMILES string of the molecule is O=C(OC1CCCC1)[C@H]1CCCN(c2nc3ccccc3s2)C1. The highest BCUT2D eigenvalue weighted by Gasteiger charge is 2.30. The summed E-state index contributed by atoms with van der Waals surface area (Å²) in [5.41, 5.74) is 1.04. The molecule has 2 heterocycles. The van der Waals surface area contributed by atoms with Gasteiger partial charge in [-0.05, 0) is 50.7 Å². The molecule has 2 aliphatic rings. The lowest BCUT2D eigenvalue weighted by atomic mass is 9.98. The maximum absolute atomic E-state index is 12.4. The number of benzene rings is 1. The Labute approximate surface area is 140 Å². The lowest BCUT2D eigenvalue weighted by Crippen LogP contribution is -2.40. The van der Waals surface area contributed by atoms with Crippen LogP contribution in [0.4, 0.5) is 5.13 Å². The Bertz CT molecular complexity index is 660. The number of para-hydroxylation sites is 1. The molecule has 23 heavy (non-hydrogen) atoms. The Balaban J connectivity index is 1.44. The zero-order chi connectivity index (χ0) is 15.6. The molecule has 1 aromatic heterocycles. The summed E-state index contributed by atoms with van der Waals surface area (Å²) >= 11 is 1.71. The maximum Gasteiger partial charge on any atom is 0.311 e. The first-order chi connectivity index (χ1) is 11.3. The van der Waals surface area contributed by atoms with Crippen LogP contribution in [0.15, 0.2) is 24.3 Å². The molecule has 122 valence electrons. The second-order valence-electron chi connectivity index (χ2n) is 6.59. The molecule has 0 amide bonds. The number of carbonyl (C=O) groups excluding carboxylic acids is 1.